The first-order valence-corrected chi connectivity index (χ1v) is 10.8. The third-order valence-electron chi connectivity index (χ3n) is 4.32. The molecule has 0 saturated heterocycles. The van der Waals surface area contributed by atoms with Gasteiger partial charge < -0.3 is 10.6 Å². The van der Waals surface area contributed by atoms with Gasteiger partial charge in [-0.3, -0.25) is 14.7 Å². The maximum absolute atomic E-state index is 12.8. The smallest absolute Gasteiger partial charge is 0.253 e. The molecule has 29 heavy (non-hydrogen) atoms. The molecule has 1 unspecified atom stereocenters. The number of halogens is 1. The van der Waals surface area contributed by atoms with Crippen molar-refractivity contribution in [3.8, 4) is 11.3 Å². The van der Waals surface area contributed by atoms with E-state index in [2.05, 4.69) is 20.8 Å². The number of aromatic nitrogens is 2. The normalized spacial score (nSPS) is 11.7. The van der Waals surface area contributed by atoms with E-state index >= 15 is 0 Å². The van der Waals surface area contributed by atoms with Gasteiger partial charge in [-0.15, -0.1) is 0 Å². The predicted molar refractivity (Wildman–Crippen MR) is 118 cm³/mol. The Morgan fingerprint density at radius 2 is 1.90 bits per heavy atom. The molecule has 0 aliphatic carbocycles. The number of carbonyl (C=O) groups is 2. The van der Waals surface area contributed by atoms with E-state index in [1.165, 1.54) is 0 Å². The molecule has 0 saturated carbocycles. The number of aromatic amines is 1. The van der Waals surface area contributed by atoms with Crippen molar-refractivity contribution in [3.63, 3.8) is 0 Å². The van der Waals surface area contributed by atoms with Gasteiger partial charge in [0.15, 0.2) is 0 Å². The maximum Gasteiger partial charge on any atom is 0.253 e. The Morgan fingerprint density at radius 1 is 1.14 bits per heavy atom. The molecular weight excluding hydrogens is 408 g/mol. The van der Waals surface area contributed by atoms with Crippen LogP contribution in [-0.2, 0) is 4.79 Å². The summed E-state index contributed by atoms with van der Waals surface area (Å²) < 4.78 is 0. The first kappa shape index (κ1) is 21.0. The number of H-pyrrole nitrogens is 1. The average Bonchev–Trinajstić information content (AvgIpc) is 3.26. The van der Waals surface area contributed by atoms with Gasteiger partial charge in [0.1, 0.15) is 6.04 Å². The van der Waals surface area contributed by atoms with Crippen LogP contribution in [0.3, 0.4) is 0 Å². The molecule has 2 amide bonds. The van der Waals surface area contributed by atoms with Gasteiger partial charge >= 0.3 is 0 Å². The lowest BCUT2D eigenvalue weighted by atomic mass is 10.1. The number of anilines is 1. The summed E-state index contributed by atoms with van der Waals surface area (Å²) in [6.45, 7) is 0. The van der Waals surface area contributed by atoms with Crippen LogP contribution >= 0.6 is 23.4 Å². The Bertz CT molecular complexity index is 961. The second-order valence-corrected chi connectivity index (χ2v) is 7.72. The molecule has 2 aromatic carbocycles. The number of hydrogen-bond acceptors (Lipinski definition) is 4. The molecule has 3 aromatic rings. The van der Waals surface area contributed by atoms with E-state index in [1.54, 1.807) is 42.2 Å². The minimum absolute atomic E-state index is 0.270. The molecule has 0 spiro atoms. The fourth-order valence-corrected chi connectivity index (χ4v) is 3.46. The van der Waals surface area contributed by atoms with Crippen LogP contribution in [0.25, 0.3) is 11.3 Å². The Labute approximate surface area is 178 Å². The number of amides is 2. The molecule has 6 nitrogen and oxygen atoms in total. The maximum atomic E-state index is 12.8. The molecule has 0 fully saturated rings. The van der Waals surface area contributed by atoms with Crippen LogP contribution in [0.15, 0.2) is 60.8 Å². The lowest BCUT2D eigenvalue weighted by molar-refractivity contribution is -0.118. The molecule has 0 aliphatic heterocycles. The summed E-state index contributed by atoms with van der Waals surface area (Å²) in [5.41, 5.74) is 2.86. The topological polar surface area (TPSA) is 86.9 Å². The summed E-state index contributed by atoms with van der Waals surface area (Å²) in [6, 6.07) is 15.4. The lowest BCUT2D eigenvalue weighted by Crippen LogP contribution is -2.44. The molecule has 3 rings (SSSR count). The summed E-state index contributed by atoms with van der Waals surface area (Å²) in [6.07, 6.45) is 4.15. The first-order valence-electron chi connectivity index (χ1n) is 9.03. The SMILES string of the molecule is CSCCC(NC(=O)c1ccccc1Cl)C(=O)Nc1ccc(-c2ccn[nH]2)cc1. The third-order valence-corrected chi connectivity index (χ3v) is 5.29. The van der Waals surface area contributed by atoms with Crippen LogP contribution in [0, 0.1) is 0 Å². The van der Waals surface area contributed by atoms with Crippen molar-refractivity contribution < 1.29 is 9.59 Å². The number of benzene rings is 2. The van der Waals surface area contributed by atoms with Crippen molar-refractivity contribution in [2.24, 2.45) is 0 Å². The Balaban J connectivity index is 1.68. The number of thioether (sulfide) groups is 1. The Morgan fingerprint density at radius 3 is 2.55 bits per heavy atom. The highest BCUT2D eigenvalue weighted by Crippen LogP contribution is 2.19. The van der Waals surface area contributed by atoms with Gasteiger partial charge in [-0.2, -0.15) is 16.9 Å². The van der Waals surface area contributed by atoms with E-state index in [4.69, 9.17) is 11.6 Å². The number of hydrogen-bond donors (Lipinski definition) is 3. The summed E-state index contributed by atoms with van der Waals surface area (Å²) in [5.74, 6) is 0.0971. The fraction of sp³-hybridized carbons (Fsp3) is 0.190. The Kier molecular flexibility index (Phi) is 7.32. The van der Waals surface area contributed by atoms with Crippen molar-refractivity contribution in [1.82, 2.24) is 15.5 Å². The summed E-state index contributed by atoms with van der Waals surface area (Å²) in [4.78, 5) is 25.4. The van der Waals surface area contributed by atoms with E-state index in [1.807, 2.05) is 36.6 Å². The van der Waals surface area contributed by atoms with E-state index in [9.17, 15) is 9.59 Å². The van der Waals surface area contributed by atoms with Crippen molar-refractivity contribution >= 4 is 40.9 Å². The van der Waals surface area contributed by atoms with Crippen LogP contribution in [0.2, 0.25) is 5.02 Å². The van der Waals surface area contributed by atoms with E-state index < -0.39 is 6.04 Å². The van der Waals surface area contributed by atoms with Gasteiger partial charge in [0.05, 0.1) is 16.3 Å². The number of nitrogens with zero attached hydrogens (tertiary/aromatic N) is 1. The van der Waals surface area contributed by atoms with Crippen LogP contribution in [-0.4, -0.2) is 40.1 Å². The summed E-state index contributed by atoms with van der Waals surface area (Å²) in [5, 5.41) is 12.9. The minimum Gasteiger partial charge on any atom is -0.340 e. The summed E-state index contributed by atoms with van der Waals surface area (Å²) in [7, 11) is 0. The number of nitrogens with one attached hydrogen (secondary N) is 3. The van der Waals surface area contributed by atoms with Crippen LogP contribution < -0.4 is 10.6 Å². The molecule has 8 heteroatoms. The van der Waals surface area contributed by atoms with Crippen LogP contribution in [0.5, 0.6) is 0 Å². The van der Waals surface area contributed by atoms with Gasteiger partial charge in [0.25, 0.3) is 5.91 Å². The molecule has 1 aromatic heterocycles. The van der Waals surface area contributed by atoms with Crippen molar-refractivity contribution in [2.75, 3.05) is 17.3 Å². The van der Waals surface area contributed by atoms with Gasteiger partial charge in [-0.05, 0) is 54.3 Å². The first-order chi connectivity index (χ1) is 14.1. The minimum atomic E-state index is -0.668. The van der Waals surface area contributed by atoms with Crippen LogP contribution in [0.4, 0.5) is 5.69 Å². The highest BCUT2D eigenvalue weighted by Gasteiger charge is 2.22. The zero-order chi connectivity index (χ0) is 20.6. The molecule has 0 radical (unpaired) electrons. The fourth-order valence-electron chi connectivity index (χ4n) is 2.77. The highest BCUT2D eigenvalue weighted by molar-refractivity contribution is 7.98. The zero-order valence-electron chi connectivity index (χ0n) is 15.8. The Hall–Kier alpha value is -2.77. The standard InChI is InChI=1S/C21H21ClN4O2S/c1-29-13-11-19(25-20(27)16-4-2-3-5-17(16)22)21(28)24-15-8-6-14(7-9-15)18-10-12-23-26-18/h2-10,12,19H,11,13H2,1H3,(H,23,26)(H,24,28)(H,25,27). The summed E-state index contributed by atoms with van der Waals surface area (Å²) >= 11 is 7.71. The molecule has 0 bridgehead atoms. The van der Waals surface area contributed by atoms with E-state index in [0.717, 1.165) is 17.0 Å². The van der Waals surface area contributed by atoms with E-state index in [0.29, 0.717) is 22.7 Å². The average molecular weight is 429 g/mol. The molecule has 0 aliphatic rings. The van der Waals surface area contributed by atoms with Gasteiger partial charge in [0.2, 0.25) is 5.91 Å². The zero-order valence-corrected chi connectivity index (χ0v) is 17.4. The predicted octanol–water partition coefficient (Wildman–Crippen LogP) is 4.22. The second kappa shape index (κ2) is 10.1. The van der Waals surface area contributed by atoms with Gasteiger partial charge in [-0.1, -0.05) is 35.9 Å². The molecular formula is C21H21ClN4O2S. The van der Waals surface area contributed by atoms with Gasteiger partial charge in [-0.25, -0.2) is 0 Å². The number of rotatable bonds is 8. The second-order valence-electron chi connectivity index (χ2n) is 6.32. The molecule has 1 atom stereocenters. The quantitative estimate of drug-likeness (QED) is 0.501. The molecule has 3 N–H and O–H groups in total. The largest absolute Gasteiger partial charge is 0.340 e. The highest BCUT2D eigenvalue weighted by atomic mass is 35.5. The molecule has 1 heterocycles. The van der Waals surface area contributed by atoms with Gasteiger partial charge in [0, 0.05) is 11.9 Å². The third kappa shape index (κ3) is 5.62. The van der Waals surface area contributed by atoms with Crippen molar-refractivity contribution in [2.45, 2.75) is 12.5 Å². The lowest BCUT2D eigenvalue weighted by Gasteiger charge is -2.18. The molecule has 150 valence electrons. The van der Waals surface area contributed by atoms with Crippen LogP contribution in [0.1, 0.15) is 16.8 Å². The van der Waals surface area contributed by atoms with E-state index in [-0.39, 0.29) is 11.8 Å². The number of carbonyl (C=O) groups excluding carboxylic acids is 2. The monoisotopic (exact) mass is 428 g/mol. The van der Waals surface area contributed by atoms with Crippen molar-refractivity contribution in [1.29, 1.82) is 0 Å². The van der Waals surface area contributed by atoms with Crippen molar-refractivity contribution in [3.05, 3.63) is 71.4 Å².